The molecule has 0 saturated carbocycles. The Hall–Kier alpha value is -4.26. The second-order valence-electron chi connectivity index (χ2n) is 7.90. The average Bonchev–Trinajstić information content (AvgIpc) is 3.05. The van der Waals surface area contributed by atoms with E-state index >= 15 is 0 Å². The van der Waals surface area contributed by atoms with E-state index in [1.165, 1.54) is 33.5 Å². The molecule has 0 aromatic heterocycles. The van der Waals surface area contributed by atoms with Gasteiger partial charge >= 0.3 is 6.03 Å². The van der Waals surface area contributed by atoms with Crippen LogP contribution in [0.3, 0.4) is 0 Å². The van der Waals surface area contributed by atoms with Crippen LogP contribution in [0.2, 0.25) is 0 Å². The first kappa shape index (κ1) is 24.4. The van der Waals surface area contributed by atoms with Crippen molar-refractivity contribution in [2.24, 2.45) is 0 Å². The third kappa shape index (κ3) is 4.45. The molecular weight excluding hydrogens is 440 g/mol. The van der Waals surface area contributed by atoms with Gasteiger partial charge in [0.05, 0.1) is 27.4 Å². The topological polar surface area (TPSA) is 130 Å². The molecule has 0 aliphatic carbocycles. The van der Waals surface area contributed by atoms with Gasteiger partial charge in [0, 0.05) is 0 Å². The van der Waals surface area contributed by atoms with E-state index in [4.69, 9.17) is 14.2 Å². The number of carbonyl (C=O) groups excluding carboxylic acids is 3. The highest BCUT2D eigenvalue weighted by Crippen LogP contribution is 2.39. The monoisotopic (exact) mass is 466 g/mol. The predicted octanol–water partition coefficient (Wildman–Crippen LogP) is 2.17. The number of benzene rings is 2. The van der Waals surface area contributed by atoms with E-state index in [0.717, 1.165) is 10.5 Å². The Morgan fingerprint density at radius 3 is 2.21 bits per heavy atom. The normalized spacial score (nSPS) is 18.1. The summed E-state index contributed by atoms with van der Waals surface area (Å²) >= 11 is 0. The number of methoxy groups -OCH3 is 3. The van der Waals surface area contributed by atoms with Gasteiger partial charge in [-0.15, -0.1) is 0 Å². The maximum absolute atomic E-state index is 13.1. The molecule has 1 aliphatic rings. The van der Waals surface area contributed by atoms with Crippen molar-refractivity contribution < 1.29 is 28.6 Å². The molecule has 10 nitrogen and oxygen atoms in total. The van der Waals surface area contributed by atoms with Crippen LogP contribution in [-0.2, 0) is 15.1 Å². The molecule has 4 amide bonds. The molecule has 1 heterocycles. The molecule has 10 heteroatoms. The van der Waals surface area contributed by atoms with E-state index < -0.39 is 36.0 Å². The van der Waals surface area contributed by atoms with Gasteiger partial charge in [-0.2, -0.15) is 5.26 Å². The van der Waals surface area contributed by atoms with Gasteiger partial charge in [-0.3, -0.25) is 14.5 Å². The molecule has 2 atom stereocenters. The number of hydrogen-bond donors (Lipinski definition) is 2. The van der Waals surface area contributed by atoms with Crippen LogP contribution in [0.4, 0.5) is 4.79 Å². The molecule has 0 radical (unpaired) electrons. The summed E-state index contributed by atoms with van der Waals surface area (Å²) in [5, 5.41) is 14.9. The molecule has 3 rings (SSSR count). The minimum absolute atomic E-state index is 0.314. The zero-order valence-corrected chi connectivity index (χ0v) is 19.6. The molecular formula is C24H26N4O6. The van der Waals surface area contributed by atoms with E-state index in [9.17, 15) is 19.6 Å². The SMILES string of the molecule is COc1cc(C(C#N)NC(=O)CN2C(=O)NC(C)(c3ccc(C)cc3)C2=O)cc(OC)c1OC. The standard InChI is InChI=1S/C24H26N4O6/c1-14-6-8-16(9-7-14)24(2)22(30)28(23(31)27-24)13-20(29)26-17(12-25)15-10-18(32-3)21(34-5)19(11-15)33-4/h6-11,17H,13H2,1-5H3,(H,26,29)(H,27,31). The fourth-order valence-electron chi connectivity index (χ4n) is 3.73. The molecule has 2 aromatic rings. The van der Waals surface area contributed by atoms with Crippen LogP contribution in [0.15, 0.2) is 36.4 Å². The van der Waals surface area contributed by atoms with Crippen LogP contribution < -0.4 is 24.8 Å². The van der Waals surface area contributed by atoms with Crippen LogP contribution in [0.5, 0.6) is 17.2 Å². The summed E-state index contributed by atoms with van der Waals surface area (Å²) in [6, 6.07) is 10.5. The Kier molecular flexibility index (Phi) is 6.96. The van der Waals surface area contributed by atoms with Crippen molar-refractivity contribution in [3.05, 3.63) is 53.1 Å². The van der Waals surface area contributed by atoms with E-state index in [-0.39, 0.29) is 0 Å². The minimum Gasteiger partial charge on any atom is -0.493 e. The highest BCUT2D eigenvalue weighted by Gasteiger charge is 2.49. The number of nitrogens with zero attached hydrogens (tertiary/aromatic N) is 2. The van der Waals surface area contributed by atoms with Gasteiger partial charge in [0.2, 0.25) is 11.7 Å². The lowest BCUT2D eigenvalue weighted by atomic mass is 9.91. The Morgan fingerprint density at radius 1 is 1.12 bits per heavy atom. The van der Waals surface area contributed by atoms with Gasteiger partial charge in [0.15, 0.2) is 11.5 Å². The molecule has 34 heavy (non-hydrogen) atoms. The summed E-state index contributed by atoms with van der Waals surface area (Å²) < 4.78 is 15.9. The van der Waals surface area contributed by atoms with Crippen molar-refractivity contribution in [1.82, 2.24) is 15.5 Å². The van der Waals surface area contributed by atoms with Crippen molar-refractivity contribution in [3.8, 4) is 23.3 Å². The summed E-state index contributed by atoms with van der Waals surface area (Å²) in [4.78, 5) is 39.2. The second kappa shape index (κ2) is 9.70. The number of aryl methyl sites for hydroxylation is 1. The van der Waals surface area contributed by atoms with Crippen molar-refractivity contribution >= 4 is 17.8 Å². The Labute approximate surface area is 197 Å². The summed E-state index contributed by atoms with van der Waals surface area (Å²) in [5.74, 6) is -0.273. The fourth-order valence-corrected chi connectivity index (χ4v) is 3.73. The maximum atomic E-state index is 13.1. The highest BCUT2D eigenvalue weighted by molar-refractivity contribution is 6.09. The Bertz CT molecular complexity index is 1130. The Morgan fingerprint density at radius 2 is 1.71 bits per heavy atom. The summed E-state index contributed by atoms with van der Waals surface area (Å²) in [7, 11) is 4.32. The van der Waals surface area contributed by atoms with Crippen LogP contribution in [-0.4, -0.2) is 50.6 Å². The third-order valence-corrected chi connectivity index (χ3v) is 5.66. The number of hydrogen-bond acceptors (Lipinski definition) is 7. The predicted molar refractivity (Wildman–Crippen MR) is 121 cm³/mol. The third-order valence-electron chi connectivity index (χ3n) is 5.66. The molecule has 1 aliphatic heterocycles. The van der Waals surface area contributed by atoms with Gasteiger partial charge in [0.1, 0.15) is 18.1 Å². The first-order valence-corrected chi connectivity index (χ1v) is 10.4. The van der Waals surface area contributed by atoms with E-state index in [0.29, 0.717) is 28.4 Å². The highest BCUT2D eigenvalue weighted by atomic mass is 16.5. The minimum atomic E-state index is -1.30. The maximum Gasteiger partial charge on any atom is 0.325 e. The molecule has 0 spiro atoms. The van der Waals surface area contributed by atoms with E-state index in [1.807, 2.05) is 25.1 Å². The van der Waals surface area contributed by atoms with Gasteiger partial charge in [-0.05, 0) is 37.1 Å². The molecule has 2 aromatic carbocycles. The van der Waals surface area contributed by atoms with Crippen molar-refractivity contribution in [3.63, 3.8) is 0 Å². The number of rotatable bonds is 8. The number of nitrogens with one attached hydrogen (secondary N) is 2. The quantitative estimate of drug-likeness (QED) is 0.570. The number of ether oxygens (including phenoxy) is 3. The van der Waals surface area contributed by atoms with Crippen molar-refractivity contribution in [2.75, 3.05) is 27.9 Å². The largest absolute Gasteiger partial charge is 0.493 e. The van der Waals surface area contributed by atoms with Gasteiger partial charge in [-0.1, -0.05) is 29.8 Å². The van der Waals surface area contributed by atoms with Gasteiger partial charge < -0.3 is 24.8 Å². The lowest BCUT2D eigenvalue weighted by molar-refractivity contribution is -0.134. The molecule has 178 valence electrons. The number of urea groups is 1. The number of nitriles is 1. The summed E-state index contributed by atoms with van der Waals surface area (Å²) in [6.07, 6.45) is 0. The summed E-state index contributed by atoms with van der Waals surface area (Å²) in [6.45, 7) is 2.95. The van der Waals surface area contributed by atoms with Crippen LogP contribution in [0, 0.1) is 18.3 Å². The first-order chi connectivity index (χ1) is 16.2. The van der Waals surface area contributed by atoms with Crippen molar-refractivity contribution in [2.45, 2.75) is 25.4 Å². The van der Waals surface area contributed by atoms with Crippen molar-refractivity contribution in [1.29, 1.82) is 5.26 Å². The smallest absolute Gasteiger partial charge is 0.325 e. The summed E-state index contributed by atoms with van der Waals surface area (Å²) in [5.41, 5.74) is 0.699. The molecule has 0 bridgehead atoms. The molecule has 2 N–H and O–H groups in total. The zero-order chi connectivity index (χ0) is 25.0. The zero-order valence-electron chi connectivity index (χ0n) is 19.6. The average molecular weight is 466 g/mol. The van der Waals surface area contributed by atoms with Gasteiger partial charge in [0.25, 0.3) is 5.91 Å². The van der Waals surface area contributed by atoms with E-state index in [1.54, 1.807) is 19.1 Å². The lowest BCUT2D eigenvalue weighted by Crippen LogP contribution is -2.43. The van der Waals surface area contributed by atoms with Crippen LogP contribution in [0.25, 0.3) is 0 Å². The molecule has 2 unspecified atom stereocenters. The number of imide groups is 1. The first-order valence-electron chi connectivity index (χ1n) is 10.4. The van der Waals surface area contributed by atoms with E-state index in [2.05, 4.69) is 10.6 Å². The lowest BCUT2D eigenvalue weighted by Gasteiger charge is -2.22. The second-order valence-corrected chi connectivity index (χ2v) is 7.90. The molecule has 1 saturated heterocycles. The number of carbonyl (C=O) groups is 3. The van der Waals surface area contributed by atoms with Crippen LogP contribution in [0.1, 0.15) is 29.7 Å². The van der Waals surface area contributed by atoms with Gasteiger partial charge in [-0.25, -0.2) is 4.79 Å². The van der Waals surface area contributed by atoms with Crippen LogP contribution >= 0.6 is 0 Å². The molecule has 1 fully saturated rings. The number of amides is 4. The fraction of sp³-hybridized carbons (Fsp3) is 0.333. The Balaban J connectivity index is 1.78.